The Morgan fingerprint density at radius 3 is 1.37 bits per heavy atom. The topological polar surface area (TPSA) is 9.23 Å². The van der Waals surface area contributed by atoms with Gasteiger partial charge < -0.3 is 4.74 Å². The summed E-state index contributed by atoms with van der Waals surface area (Å²) in [6.07, 6.45) is 0. The van der Waals surface area contributed by atoms with Crippen LogP contribution in [0.25, 0.3) is 11.1 Å². The molecule has 27 heavy (non-hydrogen) atoms. The molecule has 1 radical (unpaired) electrons. The Labute approximate surface area is 158 Å². The Morgan fingerprint density at radius 2 is 0.852 bits per heavy atom. The molecular formula is C26H17O. The maximum absolute atomic E-state index is 6.22. The first-order valence-electron chi connectivity index (χ1n) is 9.33. The Morgan fingerprint density at radius 1 is 0.444 bits per heavy atom. The third-order valence-corrected chi connectivity index (χ3v) is 5.70. The summed E-state index contributed by atoms with van der Waals surface area (Å²) in [4.78, 5) is 0. The quantitative estimate of drug-likeness (QED) is 0.379. The van der Waals surface area contributed by atoms with Crippen LogP contribution in [0, 0.1) is 5.92 Å². The molecule has 4 aromatic carbocycles. The highest BCUT2D eigenvalue weighted by molar-refractivity contribution is 5.83. The molecule has 0 fully saturated rings. The lowest BCUT2D eigenvalue weighted by atomic mass is 9.74. The van der Waals surface area contributed by atoms with Gasteiger partial charge in [0.2, 0.25) is 0 Å². The van der Waals surface area contributed by atoms with Gasteiger partial charge in [0.05, 0.1) is 5.92 Å². The van der Waals surface area contributed by atoms with E-state index in [2.05, 4.69) is 84.9 Å². The maximum atomic E-state index is 6.22. The fourth-order valence-corrected chi connectivity index (χ4v) is 4.60. The van der Waals surface area contributed by atoms with Crippen molar-refractivity contribution in [1.82, 2.24) is 0 Å². The molecule has 0 saturated carbocycles. The number of hydrogen-bond acceptors (Lipinski definition) is 1. The monoisotopic (exact) mass is 345 g/mol. The fourth-order valence-electron chi connectivity index (χ4n) is 4.60. The second-order valence-corrected chi connectivity index (χ2v) is 7.12. The summed E-state index contributed by atoms with van der Waals surface area (Å²) in [6, 6.07) is 34.4. The van der Waals surface area contributed by atoms with Crippen LogP contribution in [0.2, 0.25) is 0 Å². The van der Waals surface area contributed by atoms with Crippen molar-refractivity contribution in [3.63, 3.8) is 0 Å². The lowest BCUT2D eigenvalue weighted by Gasteiger charge is -2.32. The number of para-hydroxylation sites is 2. The van der Waals surface area contributed by atoms with Crippen molar-refractivity contribution in [2.24, 2.45) is 0 Å². The Hall–Kier alpha value is -3.32. The zero-order valence-corrected chi connectivity index (χ0v) is 14.7. The Bertz CT molecular complexity index is 1080. The van der Waals surface area contributed by atoms with Crippen LogP contribution in [0.1, 0.15) is 28.2 Å². The van der Waals surface area contributed by atoms with Crippen LogP contribution in [-0.4, -0.2) is 0 Å². The first-order chi connectivity index (χ1) is 13.4. The van der Waals surface area contributed by atoms with E-state index in [1.54, 1.807) is 0 Å². The van der Waals surface area contributed by atoms with E-state index in [-0.39, 0.29) is 5.92 Å². The molecule has 0 spiro atoms. The van der Waals surface area contributed by atoms with Crippen molar-refractivity contribution in [2.45, 2.75) is 5.92 Å². The summed E-state index contributed by atoms with van der Waals surface area (Å²) in [6.45, 7) is 0. The molecule has 1 aliphatic heterocycles. The van der Waals surface area contributed by atoms with E-state index in [0.29, 0.717) is 0 Å². The molecule has 4 aromatic rings. The van der Waals surface area contributed by atoms with E-state index in [1.807, 2.05) is 12.1 Å². The third kappa shape index (κ3) is 2.06. The number of rotatable bonds is 1. The van der Waals surface area contributed by atoms with Crippen molar-refractivity contribution < 1.29 is 4.74 Å². The molecule has 0 saturated heterocycles. The van der Waals surface area contributed by atoms with Gasteiger partial charge in [0.15, 0.2) is 0 Å². The summed E-state index contributed by atoms with van der Waals surface area (Å²) < 4.78 is 6.22. The minimum atomic E-state index is 0.212. The van der Waals surface area contributed by atoms with Crippen molar-refractivity contribution >= 4 is 0 Å². The average Bonchev–Trinajstić information content (AvgIpc) is 3.06. The number of fused-ring (bicyclic) bond motifs is 5. The zero-order chi connectivity index (χ0) is 17.8. The van der Waals surface area contributed by atoms with Gasteiger partial charge in [-0.15, -0.1) is 0 Å². The minimum Gasteiger partial charge on any atom is -0.457 e. The van der Waals surface area contributed by atoms with Gasteiger partial charge in [-0.3, -0.25) is 0 Å². The van der Waals surface area contributed by atoms with Crippen LogP contribution >= 0.6 is 0 Å². The van der Waals surface area contributed by atoms with Crippen LogP contribution in [0.4, 0.5) is 0 Å². The van der Waals surface area contributed by atoms with Crippen LogP contribution in [0.5, 0.6) is 11.5 Å². The molecule has 1 heteroatoms. The molecular weight excluding hydrogens is 328 g/mol. The van der Waals surface area contributed by atoms with Crippen LogP contribution in [0.15, 0.2) is 97.1 Å². The first kappa shape index (κ1) is 14.8. The third-order valence-electron chi connectivity index (χ3n) is 5.70. The Balaban J connectivity index is 1.66. The van der Waals surface area contributed by atoms with Gasteiger partial charge in [-0.25, -0.2) is 0 Å². The minimum absolute atomic E-state index is 0.212. The summed E-state index contributed by atoms with van der Waals surface area (Å²) in [5.74, 6) is 3.43. The van der Waals surface area contributed by atoms with Crippen molar-refractivity contribution in [3.8, 4) is 22.6 Å². The number of ether oxygens (including phenoxy) is 1. The predicted octanol–water partition coefficient (Wildman–Crippen LogP) is 6.58. The van der Waals surface area contributed by atoms with Crippen LogP contribution in [0.3, 0.4) is 0 Å². The van der Waals surface area contributed by atoms with Gasteiger partial charge in [0, 0.05) is 17.0 Å². The summed E-state index contributed by atoms with van der Waals surface area (Å²) >= 11 is 0. The van der Waals surface area contributed by atoms with Gasteiger partial charge in [-0.2, -0.15) is 0 Å². The highest BCUT2D eigenvalue weighted by atomic mass is 16.5. The van der Waals surface area contributed by atoms with Gasteiger partial charge in [0.25, 0.3) is 0 Å². The summed E-state index contributed by atoms with van der Waals surface area (Å²) in [5, 5.41) is 0. The van der Waals surface area contributed by atoms with E-state index < -0.39 is 0 Å². The molecule has 2 aliphatic rings. The van der Waals surface area contributed by atoms with Gasteiger partial charge in [0.1, 0.15) is 11.5 Å². The molecule has 0 unspecified atom stereocenters. The van der Waals surface area contributed by atoms with Crippen molar-refractivity contribution in [3.05, 3.63) is 125 Å². The second-order valence-electron chi connectivity index (χ2n) is 7.12. The molecule has 6 rings (SSSR count). The molecule has 1 nitrogen and oxygen atoms in total. The van der Waals surface area contributed by atoms with Crippen molar-refractivity contribution in [2.75, 3.05) is 0 Å². The lowest BCUT2D eigenvalue weighted by molar-refractivity contribution is 0.460. The van der Waals surface area contributed by atoms with Gasteiger partial charge >= 0.3 is 0 Å². The predicted molar refractivity (Wildman–Crippen MR) is 108 cm³/mol. The smallest absolute Gasteiger partial charge is 0.131 e. The maximum Gasteiger partial charge on any atom is 0.131 e. The molecule has 1 aliphatic carbocycles. The molecule has 0 atom stereocenters. The van der Waals surface area contributed by atoms with Crippen molar-refractivity contribution in [1.29, 1.82) is 0 Å². The molecule has 127 valence electrons. The largest absolute Gasteiger partial charge is 0.457 e. The average molecular weight is 345 g/mol. The summed E-state index contributed by atoms with van der Waals surface area (Å²) in [7, 11) is 0. The van der Waals surface area contributed by atoms with Crippen LogP contribution < -0.4 is 4.74 Å². The molecule has 0 amide bonds. The first-order valence-corrected chi connectivity index (χ1v) is 9.33. The normalized spacial score (nSPS) is 14.7. The highest BCUT2D eigenvalue weighted by Crippen LogP contribution is 2.56. The van der Waals surface area contributed by atoms with E-state index >= 15 is 0 Å². The highest BCUT2D eigenvalue weighted by Gasteiger charge is 2.40. The molecule has 0 bridgehead atoms. The lowest BCUT2D eigenvalue weighted by Crippen LogP contribution is -2.18. The van der Waals surface area contributed by atoms with E-state index in [9.17, 15) is 0 Å². The molecule has 0 N–H and O–H groups in total. The van der Waals surface area contributed by atoms with E-state index in [1.165, 1.54) is 39.3 Å². The Kier molecular flexibility index (Phi) is 3.06. The SMILES string of the molecule is c1ccc2c(c1)Oc1ccccc1[C]2C1c2ccccc2-c2ccccc21. The van der Waals surface area contributed by atoms with Gasteiger partial charge in [-0.05, 0) is 34.4 Å². The van der Waals surface area contributed by atoms with E-state index in [4.69, 9.17) is 4.74 Å². The standard InChI is InChI=1S/C26H17O/c1-3-11-19-17(9-1)18-10-2-4-12-20(18)25(19)26-21-13-5-7-15-23(21)27-24-16-8-6-14-22(24)26/h1-16,25H. The van der Waals surface area contributed by atoms with E-state index in [0.717, 1.165) is 11.5 Å². The fraction of sp³-hybridized carbons (Fsp3) is 0.0385. The molecule has 0 aromatic heterocycles. The number of benzene rings is 4. The number of hydrogen-bond donors (Lipinski definition) is 0. The zero-order valence-electron chi connectivity index (χ0n) is 14.7. The second kappa shape index (κ2) is 5.59. The van der Waals surface area contributed by atoms with Gasteiger partial charge in [-0.1, -0.05) is 84.9 Å². The van der Waals surface area contributed by atoms with Crippen LogP contribution in [-0.2, 0) is 0 Å². The summed E-state index contributed by atoms with van der Waals surface area (Å²) in [5.41, 5.74) is 7.81. The molecule has 1 heterocycles.